The summed E-state index contributed by atoms with van der Waals surface area (Å²) in [6.07, 6.45) is -4.02. The lowest BCUT2D eigenvalue weighted by molar-refractivity contribution is -0.137. The molecule has 0 aliphatic carbocycles. The highest BCUT2D eigenvalue weighted by Gasteiger charge is 2.30. The minimum absolute atomic E-state index is 0.00215. The highest BCUT2D eigenvalue weighted by molar-refractivity contribution is 5.84. The smallest absolute Gasteiger partial charge is 0.388 e. The van der Waals surface area contributed by atoms with Gasteiger partial charge in [-0.1, -0.05) is 0 Å². The van der Waals surface area contributed by atoms with Crippen LogP contribution in [0.1, 0.15) is 15.9 Å². The van der Waals surface area contributed by atoms with E-state index in [9.17, 15) is 18.0 Å². The molecule has 0 unspecified atom stereocenters. The molecule has 0 radical (unpaired) electrons. The second kappa shape index (κ2) is 3.69. The molecule has 0 atom stereocenters. The van der Waals surface area contributed by atoms with Gasteiger partial charge in [-0.15, -0.1) is 0 Å². The second-order valence-corrected chi connectivity index (χ2v) is 2.67. The van der Waals surface area contributed by atoms with Gasteiger partial charge < -0.3 is 5.32 Å². The van der Waals surface area contributed by atoms with Gasteiger partial charge in [-0.05, 0) is 18.2 Å². The van der Waals surface area contributed by atoms with Gasteiger partial charge >= 0.3 is 6.18 Å². The van der Waals surface area contributed by atoms with Crippen LogP contribution >= 0.6 is 0 Å². The molecule has 0 spiro atoms. The first-order valence-corrected chi connectivity index (χ1v) is 3.83. The Balaban J connectivity index is 3.21. The molecule has 1 aromatic rings. The maximum atomic E-state index is 12.2. The van der Waals surface area contributed by atoms with Crippen molar-refractivity contribution in [2.24, 2.45) is 0 Å². The summed E-state index contributed by atoms with van der Waals surface area (Å²) in [7, 11) is 1.54. The molecule has 2 nitrogen and oxygen atoms in total. The standard InChI is InChI=1S/C9H8F3NO/c1-13-8-3-2-7(9(10,11)12)4-6(8)5-14/h2-5,13H,1H3. The molecule has 0 heterocycles. The average Bonchev–Trinajstić information content (AvgIpc) is 2.15. The molecule has 0 fully saturated rings. The van der Waals surface area contributed by atoms with Crippen LogP contribution in [-0.4, -0.2) is 13.3 Å². The second-order valence-electron chi connectivity index (χ2n) is 2.67. The summed E-state index contributed by atoms with van der Waals surface area (Å²) in [4.78, 5) is 10.5. The van der Waals surface area contributed by atoms with E-state index < -0.39 is 11.7 Å². The molecule has 0 bridgehead atoms. The van der Waals surface area contributed by atoms with E-state index in [0.29, 0.717) is 12.0 Å². The van der Waals surface area contributed by atoms with E-state index in [0.717, 1.165) is 12.1 Å². The predicted octanol–water partition coefficient (Wildman–Crippen LogP) is 2.56. The number of hydrogen-bond acceptors (Lipinski definition) is 2. The lowest BCUT2D eigenvalue weighted by Crippen LogP contribution is -2.06. The molecule has 1 rings (SSSR count). The fourth-order valence-corrected chi connectivity index (χ4v) is 1.06. The third-order valence-electron chi connectivity index (χ3n) is 1.78. The summed E-state index contributed by atoms with van der Waals surface area (Å²) in [6.45, 7) is 0. The predicted molar refractivity (Wildman–Crippen MR) is 46.4 cm³/mol. The monoisotopic (exact) mass is 203 g/mol. The Morgan fingerprint density at radius 1 is 1.36 bits per heavy atom. The van der Waals surface area contributed by atoms with E-state index in [4.69, 9.17) is 0 Å². The highest BCUT2D eigenvalue weighted by Crippen LogP contribution is 2.31. The molecular weight excluding hydrogens is 195 g/mol. The first kappa shape index (κ1) is 10.6. The van der Waals surface area contributed by atoms with Crippen LogP contribution in [0.15, 0.2) is 18.2 Å². The minimum Gasteiger partial charge on any atom is -0.388 e. The van der Waals surface area contributed by atoms with Crippen molar-refractivity contribution in [2.45, 2.75) is 6.18 Å². The summed E-state index contributed by atoms with van der Waals surface area (Å²) in [5, 5.41) is 2.63. The van der Waals surface area contributed by atoms with Gasteiger partial charge in [0.1, 0.15) is 0 Å². The third kappa shape index (κ3) is 2.04. The Hall–Kier alpha value is -1.52. The van der Waals surface area contributed by atoms with Gasteiger partial charge in [0, 0.05) is 18.3 Å². The van der Waals surface area contributed by atoms with Crippen LogP contribution in [0, 0.1) is 0 Å². The molecule has 76 valence electrons. The summed E-state index contributed by atoms with van der Waals surface area (Å²) in [5.41, 5.74) is -0.436. The summed E-state index contributed by atoms with van der Waals surface area (Å²) in [6, 6.07) is 2.98. The topological polar surface area (TPSA) is 29.1 Å². The Bertz CT molecular complexity index is 346. The molecule has 1 N–H and O–H groups in total. The quantitative estimate of drug-likeness (QED) is 0.748. The minimum atomic E-state index is -4.41. The lowest BCUT2D eigenvalue weighted by Gasteiger charge is -2.09. The van der Waals surface area contributed by atoms with Gasteiger partial charge in [0.05, 0.1) is 5.56 Å². The normalized spacial score (nSPS) is 11.1. The van der Waals surface area contributed by atoms with Gasteiger partial charge in [-0.25, -0.2) is 0 Å². The molecule has 0 aliphatic rings. The Morgan fingerprint density at radius 3 is 2.43 bits per heavy atom. The van der Waals surface area contributed by atoms with Gasteiger partial charge in [0.2, 0.25) is 0 Å². The fraction of sp³-hybridized carbons (Fsp3) is 0.222. The van der Waals surface area contributed by atoms with Crippen LogP contribution in [0.2, 0.25) is 0 Å². The van der Waals surface area contributed by atoms with E-state index in [1.54, 1.807) is 0 Å². The number of hydrogen-bond donors (Lipinski definition) is 1. The lowest BCUT2D eigenvalue weighted by atomic mass is 10.1. The number of carbonyl (C=O) groups is 1. The number of benzene rings is 1. The molecule has 0 saturated heterocycles. The number of alkyl halides is 3. The Kier molecular flexibility index (Phi) is 2.78. The van der Waals surface area contributed by atoms with Crippen molar-refractivity contribution in [3.05, 3.63) is 29.3 Å². The first-order valence-electron chi connectivity index (χ1n) is 3.83. The van der Waals surface area contributed by atoms with Crippen molar-refractivity contribution >= 4 is 12.0 Å². The van der Waals surface area contributed by atoms with E-state index in [-0.39, 0.29) is 5.56 Å². The molecular formula is C9H8F3NO. The van der Waals surface area contributed by atoms with Crippen LogP contribution < -0.4 is 5.32 Å². The van der Waals surface area contributed by atoms with Crippen LogP contribution in [0.25, 0.3) is 0 Å². The number of rotatable bonds is 2. The van der Waals surface area contributed by atoms with Crippen LogP contribution in [0.5, 0.6) is 0 Å². The molecule has 5 heteroatoms. The van der Waals surface area contributed by atoms with Gasteiger partial charge in [0.15, 0.2) is 6.29 Å². The van der Waals surface area contributed by atoms with E-state index >= 15 is 0 Å². The number of halogens is 3. The van der Waals surface area contributed by atoms with Crippen LogP contribution in [0.4, 0.5) is 18.9 Å². The highest BCUT2D eigenvalue weighted by atomic mass is 19.4. The zero-order valence-electron chi connectivity index (χ0n) is 7.35. The number of anilines is 1. The SMILES string of the molecule is CNc1ccc(C(F)(F)F)cc1C=O. The third-order valence-corrected chi connectivity index (χ3v) is 1.78. The van der Waals surface area contributed by atoms with Gasteiger partial charge in [0.25, 0.3) is 0 Å². The molecule has 0 aliphatic heterocycles. The van der Waals surface area contributed by atoms with E-state index in [2.05, 4.69) is 5.32 Å². The number of carbonyl (C=O) groups excluding carboxylic acids is 1. The van der Waals surface area contributed by atoms with Gasteiger partial charge in [-0.2, -0.15) is 13.2 Å². The summed E-state index contributed by atoms with van der Waals surface area (Å²) < 4.78 is 36.6. The van der Waals surface area contributed by atoms with Crippen molar-refractivity contribution in [3.63, 3.8) is 0 Å². The first-order chi connectivity index (χ1) is 6.49. The van der Waals surface area contributed by atoms with Crippen molar-refractivity contribution in [1.82, 2.24) is 0 Å². The van der Waals surface area contributed by atoms with Gasteiger partial charge in [-0.3, -0.25) is 4.79 Å². The van der Waals surface area contributed by atoms with Crippen LogP contribution in [-0.2, 0) is 6.18 Å². The zero-order valence-corrected chi connectivity index (χ0v) is 7.35. The largest absolute Gasteiger partial charge is 0.416 e. The van der Waals surface area contributed by atoms with Crippen molar-refractivity contribution in [1.29, 1.82) is 0 Å². The Labute approximate surface area is 78.7 Å². The molecule has 14 heavy (non-hydrogen) atoms. The fourth-order valence-electron chi connectivity index (χ4n) is 1.06. The Morgan fingerprint density at radius 2 is 2.00 bits per heavy atom. The maximum Gasteiger partial charge on any atom is 0.416 e. The van der Waals surface area contributed by atoms with Crippen LogP contribution in [0.3, 0.4) is 0 Å². The van der Waals surface area contributed by atoms with E-state index in [1.807, 2.05) is 0 Å². The summed E-state index contributed by atoms with van der Waals surface area (Å²) in [5.74, 6) is 0. The molecule has 0 saturated carbocycles. The summed E-state index contributed by atoms with van der Waals surface area (Å²) >= 11 is 0. The molecule has 0 aromatic heterocycles. The maximum absolute atomic E-state index is 12.2. The van der Waals surface area contributed by atoms with E-state index in [1.165, 1.54) is 13.1 Å². The van der Waals surface area contributed by atoms with Crippen molar-refractivity contribution in [2.75, 3.05) is 12.4 Å². The number of nitrogens with one attached hydrogen (secondary N) is 1. The molecule has 1 aromatic carbocycles. The molecule has 0 amide bonds. The van der Waals surface area contributed by atoms with Crippen molar-refractivity contribution in [3.8, 4) is 0 Å². The zero-order chi connectivity index (χ0) is 10.8. The average molecular weight is 203 g/mol. The number of aldehydes is 1. The van der Waals surface area contributed by atoms with Crippen molar-refractivity contribution < 1.29 is 18.0 Å².